The van der Waals surface area contributed by atoms with Gasteiger partial charge in [0.05, 0.1) is 22.0 Å². The lowest BCUT2D eigenvalue weighted by atomic mass is 10.1. The van der Waals surface area contributed by atoms with Crippen LogP contribution in [0.25, 0.3) is 17.4 Å². The van der Waals surface area contributed by atoms with Crippen LogP contribution in [0, 0.1) is 0 Å². The molecular weight excluding hydrogens is 506 g/mol. The summed E-state index contributed by atoms with van der Waals surface area (Å²) in [6.07, 6.45) is 1.50. The number of carbonyl (C=O) groups excluding carboxylic acids is 2. The number of thioether (sulfide) groups is 1. The van der Waals surface area contributed by atoms with Gasteiger partial charge in [0.25, 0.3) is 11.1 Å². The zero-order valence-electron chi connectivity index (χ0n) is 15.7. The Morgan fingerprint density at radius 2 is 1.87 bits per heavy atom. The molecule has 6 nitrogen and oxygen atoms in total. The average molecular weight is 519 g/mol. The number of nitrogens with zero attached hydrogens (tertiary/aromatic N) is 1. The zero-order chi connectivity index (χ0) is 22.1. The fourth-order valence-corrected chi connectivity index (χ4v) is 4.25. The van der Waals surface area contributed by atoms with Gasteiger partial charge in [-0.15, -0.1) is 0 Å². The smallest absolute Gasteiger partial charge is 0.337 e. The number of amides is 2. The van der Waals surface area contributed by atoms with Crippen molar-refractivity contribution < 1.29 is 23.9 Å². The number of rotatable bonds is 5. The standard InChI is InChI=1S/C22H13BrClNO5S/c23-14-4-1-12(2-5-14)11-25-20(26)19(31-22(25)29)10-15-6-8-18(30-15)13-3-7-17(24)16(9-13)21(27)28/h1-10H,11H2,(H,27,28)/b19-10-. The van der Waals surface area contributed by atoms with Gasteiger partial charge in [-0.05, 0) is 59.8 Å². The van der Waals surface area contributed by atoms with Crippen molar-refractivity contribution in [3.63, 3.8) is 0 Å². The summed E-state index contributed by atoms with van der Waals surface area (Å²) in [4.78, 5) is 37.8. The minimum Gasteiger partial charge on any atom is -0.478 e. The van der Waals surface area contributed by atoms with Crippen LogP contribution < -0.4 is 0 Å². The molecule has 1 aromatic heterocycles. The lowest BCUT2D eigenvalue weighted by molar-refractivity contribution is -0.123. The second-order valence-electron chi connectivity index (χ2n) is 6.60. The van der Waals surface area contributed by atoms with Crippen molar-refractivity contribution in [3.05, 3.63) is 85.9 Å². The van der Waals surface area contributed by atoms with Crippen molar-refractivity contribution in [2.24, 2.45) is 0 Å². The van der Waals surface area contributed by atoms with Gasteiger partial charge >= 0.3 is 5.97 Å². The molecule has 0 unspecified atom stereocenters. The van der Waals surface area contributed by atoms with Crippen molar-refractivity contribution in [2.75, 3.05) is 0 Å². The Morgan fingerprint density at radius 3 is 2.58 bits per heavy atom. The first kappa shape index (κ1) is 21.4. The number of hydrogen-bond donors (Lipinski definition) is 1. The number of carboxylic acid groups (broad SMARTS) is 1. The molecule has 31 heavy (non-hydrogen) atoms. The minimum absolute atomic E-state index is 0.0359. The summed E-state index contributed by atoms with van der Waals surface area (Å²) in [6, 6.07) is 15.2. The van der Waals surface area contributed by atoms with Gasteiger partial charge < -0.3 is 9.52 Å². The number of benzene rings is 2. The van der Waals surface area contributed by atoms with Crippen molar-refractivity contribution in [2.45, 2.75) is 6.54 Å². The zero-order valence-corrected chi connectivity index (χ0v) is 18.8. The molecule has 0 radical (unpaired) electrons. The maximum absolute atomic E-state index is 12.7. The Kier molecular flexibility index (Phi) is 6.04. The number of hydrogen-bond acceptors (Lipinski definition) is 5. The molecule has 4 rings (SSSR count). The van der Waals surface area contributed by atoms with Gasteiger partial charge in [0.1, 0.15) is 11.5 Å². The van der Waals surface area contributed by atoms with Crippen LogP contribution in [0.4, 0.5) is 4.79 Å². The fraction of sp³-hybridized carbons (Fsp3) is 0.0455. The van der Waals surface area contributed by atoms with Crippen LogP contribution in [0.3, 0.4) is 0 Å². The van der Waals surface area contributed by atoms with Gasteiger partial charge in [0.2, 0.25) is 0 Å². The first-order chi connectivity index (χ1) is 14.8. The molecule has 1 aliphatic rings. The Morgan fingerprint density at radius 1 is 1.13 bits per heavy atom. The van der Waals surface area contributed by atoms with Gasteiger partial charge in [-0.1, -0.05) is 39.7 Å². The van der Waals surface area contributed by atoms with Gasteiger partial charge in [-0.2, -0.15) is 0 Å². The summed E-state index contributed by atoms with van der Waals surface area (Å²) in [5.41, 5.74) is 1.33. The highest BCUT2D eigenvalue weighted by Gasteiger charge is 2.35. The maximum Gasteiger partial charge on any atom is 0.337 e. The van der Waals surface area contributed by atoms with E-state index in [0.29, 0.717) is 17.1 Å². The fourth-order valence-electron chi connectivity index (χ4n) is 2.97. The molecule has 2 amide bonds. The molecule has 1 saturated heterocycles. The molecule has 1 fully saturated rings. The molecule has 0 atom stereocenters. The average Bonchev–Trinajstić information content (AvgIpc) is 3.30. The molecule has 9 heteroatoms. The van der Waals surface area contributed by atoms with Gasteiger partial charge in [0, 0.05) is 16.1 Å². The predicted octanol–water partition coefficient (Wildman–Crippen LogP) is 6.30. The normalized spacial score (nSPS) is 15.2. The Labute approximate surface area is 194 Å². The van der Waals surface area contributed by atoms with Crippen molar-refractivity contribution in [1.82, 2.24) is 4.90 Å². The third kappa shape index (κ3) is 4.61. The highest BCUT2D eigenvalue weighted by Crippen LogP contribution is 2.34. The molecule has 3 aromatic rings. The molecule has 0 spiro atoms. The van der Waals surface area contributed by atoms with E-state index in [9.17, 15) is 19.5 Å². The number of aromatic carboxylic acids is 1. The summed E-state index contributed by atoms with van der Waals surface area (Å²) >= 11 is 10.1. The summed E-state index contributed by atoms with van der Waals surface area (Å²) in [5, 5.41) is 9.00. The third-order valence-corrected chi connectivity index (χ3v) is 6.27. The number of carboxylic acids is 1. The SMILES string of the molecule is O=C(O)c1cc(-c2ccc(/C=C3\SC(=O)N(Cc4ccc(Br)cc4)C3=O)o2)ccc1Cl. The minimum atomic E-state index is -1.14. The molecule has 0 saturated carbocycles. The molecule has 1 N–H and O–H groups in total. The highest BCUT2D eigenvalue weighted by atomic mass is 79.9. The molecule has 2 heterocycles. The van der Waals surface area contributed by atoms with E-state index in [4.69, 9.17) is 16.0 Å². The molecule has 156 valence electrons. The topological polar surface area (TPSA) is 87.8 Å². The monoisotopic (exact) mass is 517 g/mol. The Hall–Kier alpha value is -2.81. The Bertz CT molecular complexity index is 1230. The van der Waals surface area contributed by atoms with E-state index in [2.05, 4.69) is 15.9 Å². The van der Waals surface area contributed by atoms with Gasteiger partial charge in [-0.25, -0.2) is 4.79 Å². The molecular formula is C22H13BrClNO5S. The third-order valence-electron chi connectivity index (χ3n) is 4.51. The number of furan rings is 1. The van der Waals surface area contributed by atoms with Crippen molar-refractivity contribution in [3.8, 4) is 11.3 Å². The lowest BCUT2D eigenvalue weighted by Crippen LogP contribution is -2.27. The summed E-state index contributed by atoms with van der Waals surface area (Å²) in [6.45, 7) is 0.182. The van der Waals surface area contributed by atoms with E-state index in [0.717, 1.165) is 21.8 Å². The molecule has 2 aromatic carbocycles. The van der Waals surface area contributed by atoms with E-state index < -0.39 is 11.9 Å². The van der Waals surface area contributed by atoms with Gasteiger partial charge in [0.15, 0.2) is 0 Å². The van der Waals surface area contributed by atoms with E-state index >= 15 is 0 Å². The van der Waals surface area contributed by atoms with Crippen LogP contribution in [0.15, 0.2) is 68.4 Å². The first-order valence-corrected chi connectivity index (χ1v) is 10.9. The number of carbonyl (C=O) groups is 3. The van der Waals surface area contributed by atoms with Gasteiger partial charge in [-0.3, -0.25) is 14.5 Å². The lowest BCUT2D eigenvalue weighted by Gasteiger charge is -2.12. The number of imide groups is 1. The van der Waals surface area contributed by atoms with Crippen LogP contribution >= 0.6 is 39.3 Å². The second-order valence-corrected chi connectivity index (χ2v) is 8.91. The van der Waals surface area contributed by atoms with Crippen LogP contribution in [-0.4, -0.2) is 27.1 Å². The summed E-state index contributed by atoms with van der Waals surface area (Å²) in [7, 11) is 0. The summed E-state index contributed by atoms with van der Waals surface area (Å²) in [5.74, 6) is -0.746. The maximum atomic E-state index is 12.7. The molecule has 0 aliphatic carbocycles. The largest absolute Gasteiger partial charge is 0.478 e. The van der Waals surface area contributed by atoms with E-state index in [1.165, 1.54) is 23.1 Å². The predicted molar refractivity (Wildman–Crippen MR) is 122 cm³/mol. The van der Waals surface area contributed by atoms with Crippen molar-refractivity contribution in [1.29, 1.82) is 0 Å². The second kappa shape index (κ2) is 8.74. The van der Waals surface area contributed by atoms with E-state index in [-0.39, 0.29) is 27.3 Å². The van der Waals surface area contributed by atoms with Crippen LogP contribution in [0.1, 0.15) is 21.7 Å². The number of halogens is 2. The highest BCUT2D eigenvalue weighted by molar-refractivity contribution is 9.10. The Balaban J connectivity index is 1.55. The quantitative estimate of drug-likeness (QED) is 0.399. The van der Waals surface area contributed by atoms with Crippen molar-refractivity contribution >= 4 is 62.5 Å². The molecule has 0 bridgehead atoms. The van der Waals surface area contributed by atoms with Crippen LogP contribution in [0.5, 0.6) is 0 Å². The van der Waals surface area contributed by atoms with E-state index in [1.807, 2.05) is 24.3 Å². The summed E-state index contributed by atoms with van der Waals surface area (Å²) < 4.78 is 6.66. The van der Waals surface area contributed by atoms with Crippen LogP contribution in [-0.2, 0) is 11.3 Å². The van der Waals surface area contributed by atoms with Crippen LogP contribution in [0.2, 0.25) is 5.02 Å². The first-order valence-electron chi connectivity index (χ1n) is 8.94. The van der Waals surface area contributed by atoms with E-state index in [1.54, 1.807) is 18.2 Å². The molecule has 1 aliphatic heterocycles.